The summed E-state index contributed by atoms with van der Waals surface area (Å²) >= 11 is 5.95. The Morgan fingerprint density at radius 2 is 2.29 bits per heavy atom. The van der Waals surface area contributed by atoms with E-state index >= 15 is 0 Å². The number of anilines is 1. The van der Waals surface area contributed by atoms with Crippen molar-refractivity contribution in [3.63, 3.8) is 0 Å². The fraction of sp³-hybridized carbons (Fsp3) is 0.455. The summed E-state index contributed by atoms with van der Waals surface area (Å²) in [4.78, 5) is 17.7. The van der Waals surface area contributed by atoms with Gasteiger partial charge in [-0.05, 0) is 18.6 Å². The zero-order valence-corrected chi connectivity index (χ0v) is 10.8. The maximum Gasteiger partial charge on any atom is 0.273 e. The first-order chi connectivity index (χ1) is 8.10. The van der Waals surface area contributed by atoms with E-state index in [2.05, 4.69) is 17.3 Å². The van der Waals surface area contributed by atoms with E-state index in [1.54, 1.807) is 24.1 Å². The lowest BCUT2D eigenvalue weighted by Gasteiger charge is -2.17. The number of halogens is 1. The molecule has 17 heavy (non-hydrogen) atoms. The SMILES string of the molecule is CCCCN(C)C(=O)c1nc(NN)ccc1Cl. The molecule has 0 spiro atoms. The molecule has 0 fully saturated rings. The van der Waals surface area contributed by atoms with E-state index in [1.165, 1.54) is 0 Å². The van der Waals surface area contributed by atoms with E-state index in [9.17, 15) is 4.79 Å². The highest BCUT2D eigenvalue weighted by Gasteiger charge is 2.16. The predicted octanol–water partition coefficient (Wildman–Crippen LogP) is 1.89. The summed E-state index contributed by atoms with van der Waals surface area (Å²) in [5.41, 5.74) is 2.61. The van der Waals surface area contributed by atoms with Crippen LogP contribution in [0.1, 0.15) is 30.3 Å². The van der Waals surface area contributed by atoms with Crippen LogP contribution in [0.2, 0.25) is 5.02 Å². The van der Waals surface area contributed by atoms with Gasteiger partial charge in [-0.2, -0.15) is 0 Å². The van der Waals surface area contributed by atoms with Crippen LogP contribution in [0.25, 0.3) is 0 Å². The maximum absolute atomic E-state index is 12.0. The number of carbonyl (C=O) groups excluding carboxylic acids is 1. The Kier molecular flexibility index (Phi) is 5.18. The van der Waals surface area contributed by atoms with Crippen LogP contribution >= 0.6 is 11.6 Å². The smallest absolute Gasteiger partial charge is 0.273 e. The predicted molar refractivity (Wildman–Crippen MR) is 68.9 cm³/mol. The van der Waals surface area contributed by atoms with Gasteiger partial charge in [-0.25, -0.2) is 10.8 Å². The van der Waals surface area contributed by atoms with Gasteiger partial charge in [0.25, 0.3) is 5.91 Å². The highest BCUT2D eigenvalue weighted by atomic mass is 35.5. The van der Waals surface area contributed by atoms with Gasteiger partial charge in [-0.15, -0.1) is 0 Å². The minimum absolute atomic E-state index is 0.194. The number of hydrazine groups is 1. The van der Waals surface area contributed by atoms with Crippen LogP contribution < -0.4 is 11.3 Å². The Hall–Kier alpha value is -1.33. The minimum Gasteiger partial charge on any atom is -0.340 e. The second kappa shape index (κ2) is 6.42. The molecule has 1 heterocycles. The van der Waals surface area contributed by atoms with Gasteiger partial charge in [0.1, 0.15) is 11.5 Å². The van der Waals surface area contributed by atoms with Gasteiger partial charge in [0.05, 0.1) is 5.02 Å². The molecule has 1 rings (SSSR count). The zero-order valence-electron chi connectivity index (χ0n) is 10.0. The summed E-state index contributed by atoms with van der Waals surface area (Å²) < 4.78 is 0. The van der Waals surface area contributed by atoms with Crippen molar-refractivity contribution >= 4 is 23.3 Å². The standard InChI is InChI=1S/C11H17ClN4O/c1-3-4-7-16(2)11(17)10-8(12)5-6-9(14-10)15-13/h5-6H,3-4,7,13H2,1-2H3,(H,14,15). The first-order valence-corrected chi connectivity index (χ1v) is 5.86. The van der Waals surface area contributed by atoms with Crippen molar-refractivity contribution in [3.8, 4) is 0 Å². The molecule has 0 saturated carbocycles. The van der Waals surface area contributed by atoms with E-state index in [-0.39, 0.29) is 11.6 Å². The molecule has 94 valence electrons. The molecule has 1 aromatic heterocycles. The molecule has 0 aliphatic carbocycles. The van der Waals surface area contributed by atoms with Crippen molar-refractivity contribution in [3.05, 3.63) is 22.8 Å². The van der Waals surface area contributed by atoms with Crippen LogP contribution in [-0.2, 0) is 0 Å². The second-order valence-electron chi connectivity index (χ2n) is 3.75. The minimum atomic E-state index is -0.194. The van der Waals surface area contributed by atoms with E-state index < -0.39 is 0 Å². The summed E-state index contributed by atoms with van der Waals surface area (Å²) in [5.74, 6) is 5.47. The summed E-state index contributed by atoms with van der Waals surface area (Å²) in [6.45, 7) is 2.76. The van der Waals surface area contributed by atoms with Gasteiger partial charge in [-0.1, -0.05) is 24.9 Å². The second-order valence-corrected chi connectivity index (χ2v) is 4.16. The first-order valence-electron chi connectivity index (χ1n) is 5.48. The van der Waals surface area contributed by atoms with E-state index in [4.69, 9.17) is 17.4 Å². The van der Waals surface area contributed by atoms with Crippen LogP contribution in [0, 0.1) is 0 Å². The average molecular weight is 257 g/mol. The highest BCUT2D eigenvalue weighted by molar-refractivity contribution is 6.33. The van der Waals surface area contributed by atoms with Crippen LogP contribution in [-0.4, -0.2) is 29.4 Å². The number of unbranched alkanes of at least 4 members (excludes halogenated alkanes) is 1. The molecule has 0 saturated heterocycles. The fourth-order valence-electron chi connectivity index (χ4n) is 1.35. The van der Waals surface area contributed by atoms with E-state index in [0.717, 1.165) is 12.8 Å². The Morgan fingerprint density at radius 3 is 2.88 bits per heavy atom. The van der Waals surface area contributed by atoms with Crippen LogP contribution in [0.5, 0.6) is 0 Å². The third-order valence-corrected chi connectivity index (χ3v) is 2.70. The lowest BCUT2D eigenvalue weighted by molar-refractivity contribution is 0.0788. The monoisotopic (exact) mass is 256 g/mol. The Labute approximate surface area is 106 Å². The molecular weight excluding hydrogens is 240 g/mol. The molecule has 3 N–H and O–H groups in total. The molecule has 0 atom stereocenters. The Morgan fingerprint density at radius 1 is 1.59 bits per heavy atom. The highest BCUT2D eigenvalue weighted by Crippen LogP contribution is 2.17. The van der Waals surface area contributed by atoms with Crippen LogP contribution in [0.3, 0.4) is 0 Å². The van der Waals surface area contributed by atoms with E-state index in [0.29, 0.717) is 17.4 Å². The lowest BCUT2D eigenvalue weighted by Crippen LogP contribution is -2.29. The van der Waals surface area contributed by atoms with Crippen LogP contribution in [0.4, 0.5) is 5.82 Å². The summed E-state index contributed by atoms with van der Waals surface area (Å²) in [6, 6.07) is 3.22. The molecule has 0 aromatic carbocycles. The number of pyridine rings is 1. The van der Waals surface area contributed by atoms with Gasteiger partial charge in [0.15, 0.2) is 0 Å². The molecule has 1 amide bonds. The number of nitrogens with two attached hydrogens (primary N) is 1. The number of hydrogen-bond donors (Lipinski definition) is 2. The number of nitrogen functional groups attached to an aromatic ring is 1. The lowest BCUT2D eigenvalue weighted by atomic mass is 10.2. The largest absolute Gasteiger partial charge is 0.340 e. The average Bonchev–Trinajstić information content (AvgIpc) is 2.35. The summed E-state index contributed by atoms with van der Waals surface area (Å²) in [6.07, 6.45) is 1.98. The van der Waals surface area contributed by atoms with Crippen molar-refractivity contribution < 1.29 is 4.79 Å². The number of nitrogens with zero attached hydrogens (tertiary/aromatic N) is 2. The van der Waals surface area contributed by atoms with Crippen molar-refractivity contribution in [1.29, 1.82) is 0 Å². The number of carbonyl (C=O) groups is 1. The third kappa shape index (κ3) is 3.57. The van der Waals surface area contributed by atoms with E-state index in [1.807, 2.05) is 0 Å². The molecular formula is C11H17ClN4O. The van der Waals surface area contributed by atoms with Gasteiger partial charge < -0.3 is 10.3 Å². The van der Waals surface area contributed by atoms with Crippen molar-refractivity contribution in [1.82, 2.24) is 9.88 Å². The zero-order chi connectivity index (χ0) is 12.8. The third-order valence-electron chi connectivity index (χ3n) is 2.39. The van der Waals surface area contributed by atoms with Crippen molar-refractivity contribution in [2.24, 2.45) is 5.84 Å². The molecule has 1 aromatic rings. The normalized spacial score (nSPS) is 10.1. The number of hydrogen-bond acceptors (Lipinski definition) is 4. The summed E-state index contributed by atoms with van der Waals surface area (Å²) in [5, 5.41) is 0.331. The van der Waals surface area contributed by atoms with Crippen LogP contribution in [0.15, 0.2) is 12.1 Å². The molecule has 0 radical (unpaired) electrons. The van der Waals surface area contributed by atoms with Gasteiger partial charge in [0, 0.05) is 13.6 Å². The van der Waals surface area contributed by atoms with Gasteiger partial charge in [-0.3, -0.25) is 4.79 Å². The first kappa shape index (κ1) is 13.7. The molecule has 0 aliphatic rings. The fourth-order valence-corrected chi connectivity index (χ4v) is 1.54. The van der Waals surface area contributed by atoms with Gasteiger partial charge >= 0.3 is 0 Å². The Balaban J connectivity index is 2.87. The molecule has 6 heteroatoms. The van der Waals surface area contributed by atoms with Crippen molar-refractivity contribution in [2.75, 3.05) is 19.0 Å². The molecule has 5 nitrogen and oxygen atoms in total. The summed E-state index contributed by atoms with van der Waals surface area (Å²) in [7, 11) is 1.73. The molecule has 0 unspecified atom stereocenters. The number of amides is 1. The Bertz CT molecular complexity index is 397. The molecule has 0 aliphatic heterocycles. The van der Waals surface area contributed by atoms with Crippen molar-refractivity contribution in [2.45, 2.75) is 19.8 Å². The quantitative estimate of drug-likeness (QED) is 0.623. The number of rotatable bonds is 5. The maximum atomic E-state index is 12.0. The molecule has 0 bridgehead atoms. The topological polar surface area (TPSA) is 71.2 Å². The number of nitrogens with one attached hydrogen (secondary N) is 1. The van der Waals surface area contributed by atoms with Gasteiger partial charge in [0.2, 0.25) is 0 Å². The number of aromatic nitrogens is 1.